The Bertz CT molecular complexity index is 190. The predicted molar refractivity (Wildman–Crippen MR) is 33.8 cm³/mol. The van der Waals surface area contributed by atoms with Crippen molar-refractivity contribution >= 4 is 0 Å². The minimum absolute atomic E-state index is 0.485. The van der Waals surface area contributed by atoms with Crippen LogP contribution in [0.5, 0.6) is 0 Å². The van der Waals surface area contributed by atoms with Gasteiger partial charge in [0.2, 0.25) is 0 Å². The molecule has 2 heterocycles. The van der Waals surface area contributed by atoms with Crippen LogP contribution < -0.4 is 0 Å². The van der Waals surface area contributed by atoms with Crippen LogP contribution >= 0.6 is 0 Å². The zero-order valence-electron chi connectivity index (χ0n) is 6.23. The maximum absolute atomic E-state index is 12.7. The first-order valence-corrected chi connectivity index (χ1v) is 3.35. The molecule has 1 nitrogen and oxygen atoms in total. The number of halogens is 1. The highest BCUT2D eigenvalue weighted by molar-refractivity contribution is 5.13. The van der Waals surface area contributed by atoms with Crippen LogP contribution in [-0.4, -0.2) is 24.2 Å². The summed E-state index contributed by atoms with van der Waals surface area (Å²) in [5.41, 5.74) is 0.951. The van der Waals surface area contributed by atoms with E-state index in [0.29, 0.717) is 19.0 Å². The van der Waals surface area contributed by atoms with E-state index >= 15 is 0 Å². The molecule has 2 aliphatic heterocycles. The van der Waals surface area contributed by atoms with Crippen molar-refractivity contribution in [3.8, 4) is 0 Å². The van der Waals surface area contributed by atoms with Crippen LogP contribution in [0.1, 0.15) is 14.2 Å². The number of alkyl halides is 1. The van der Waals surface area contributed by atoms with Crippen molar-refractivity contribution in [3.05, 3.63) is 11.7 Å². The second kappa shape index (κ2) is 1.72. The average molecular weight is 128 g/mol. The molecule has 2 rings (SSSR count). The molecule has 2 heteroatoms. The normalized spacial score (nSPS) is 35.4. The lowest BCUT2D eigenvalue weighted by Crippen LogP contribution is -2.16. The van der Waals surface area contributed by atoms with E-state index in [1.165, 1.54) is 0 Å². The van der Waals surface area contributed by atoms with Gasteiger partial charge in [0.05, 0.1) is 1.37 Å². The highest BCUT2D eigenvalue weighted by Crippen LogP contribution is 2.27. The molecular weight excluding hydrogens is 117 g/mol. The van der Waals surface area contributed by atoms with Gasteiger partial charge in [0.15, 0.2) is 0 Å². The Kier molecular flexibility index (Phi) is 0.826. The largest absolute Gasteiger partial charge is 0.372 e. The Hall–Kier alpha value is -0.530. The summed E-state index contributed by atoms with van der Waals surface area (Å²) in [5.74, 6) is 0. The Morgan fingerprint density at radius 1 is 1.89 bits per heavy atom. The molecule has 50 valence electrons. The summed E-state index contributed by atoms with van der Waals surface area (Å²) in [6.45, 7) is 1.40. The molecule has 1 saturated heterocycles. The third-order valence-corrected chi connectivity index (χ3v) is 1.93. The van der Waals surface area contributed by atoms with E-state index < -0.39 is 6.17 Å². The smallest absolute Gasteiger partial charge is 0.123 e. The zero-order chi connectivity index (χ0) is 7.14. The quantitative estimate of drug-likeness (QED) is 0.475. The van der Waals surface area contributed by atoms with Crippen LogP contribution in [0, 0.1) is 0 Å². The summed E-state index contributed by atoms with van der Waals surface area (Å²) in [6.07, 6.45) is 0.594. The second-order valence-electron chi connectivity index (χ2n) is 2.62. The number of allylic oxidation sites excluding steroid dienone is 1. The molecule has 0 spiro atoms. The summed E-state index contributed by atoms with van der Waals surface area (Å²) in [7, 11) is 0. The predicted octanol–water partition coefficient (Wildman–Crippen LogP) is 1.32. The van der Waals surface area contributed by atoms with Gasteiger partial charge in [0.1, 0.15) is 6.17 Å². The molecule has 1 atom stereocenters. The van der Waals surface area contributed by atoms with Gasteiger partial charge in [-0.2, -0.15) is 0 Å². The van der Waals surface area contributed by atoms with Crippen molar-refractivity contribution in [1.29, 1.82) is 0 Å². The molecular formula is C7H10FN. The van der Waals surface area contributed by atoms with Gasteiger partial charge in [-0.3, -0.25) is 0 Å². The average Bonchev–Trinajstić information content (AvgIpc) is 2.35. The molecule has 0 aromatic carbocycles. The van der Waals surface area contributed by atoms with Gasteiger partial charge >= 0.3 is 0 Å². The molecule has 0 radical (unpaired) electrons. The molecule has 0 N–H and O–H groups in total. The molecule has 2 aliphatic rings. The SMILES string of the molecule is [2H]C1=C2C[C@@H](F)CN2CC1. The summed E-state index contributed by atoms with van der Waals surface area (Å²) in [4.78, 5) is 1.99. The van der Waals surface area contributed by atoms with Crippen molar-refractivity contribution in [2.24, 2.45) is 0 Å². The van der Waals surface area contributed by atoms with Crippen molar-refractivity contribution in [2.45, 2.75) is 19.0 Å². The minimum atomic E-state index is -0.712. The summed E-state index contributed by atoms with van der Waals surface area (Å²) in [6, 6.07) is 0.653. The van der Waals surface area contributed by atoms with Gasteiger partial charge in [0, 0.05) is 25.2 Å². The Labute approximate surface area is 55.6 Å². The topological polar surface area (TPSA) is 3.24 Å². The highest BCUT2D eigenvalue weighted by Gasteiger charge is 2.27. The van der Waals surface area contributed by atoms with E-state index in [1.807, 2.05) is 4.90 Å². The third-order valence-electron chi connectivity index (χ3n) is 1.93. The standard InChI is InChI=1S/C7H10FN/c8-6-4-7-2-1-3-9(7)5-6/h2,6H,1,3-5H2/t6-/m1/s1/i2D. The molecule has 0 aromatic rings. The number of rotatable bonds is 0. The molecule has 0 amide bonds. The van der Waals surface area contributed by atoms with Crippen LogP contribution in [0.3, 0.4) is 0 Å². The number of fused-ring (bicyclic) bond motifs is 1. The first-order chi connectivity index (χ1) is 4.77. The van der Waals surface area contributed by atoms with Gasteiger partial charge < -0.3 is 4.90 Å². The maximum Gasteiger partial charge on any atom is 0.123 e. The monoisotopic (exact) mass is 128 g/mol. The van der Waals surface area contributed by atoms with E-state index in [4.69, 9.17) is 1.37 Å². The maximum atomic E-state index is 12.7. The van der Waals surface area contributed by atoms with Gasteiger partial charge in [-0.15, -0.1) is 0 Å². The van der Waals surface area contributed by atoms with Crippen LogP contribution in [0.15, 0.2) is 11.7 Å². The van der Waals surface area contributed by atoms with Gasteiger partial charge in [0.25, 0.3) is 0 Å². The van der Waals surface area contributed by atoms with Gasteiger partial charge in [-0.25, -0.2) is 4.39 Å². The fraction of sp³-hybridized carbons (Fsp3) is 0.714. The Balaban J connectivity index is 2.23. The Morgan fingerprint density at radius 2 is 2.78 bits per heavy atom. The van der Waals surface area contributed by atoms with Crippen molar-refractivity contribution in [2.75, 3.05) is 13.1 Å². The molecule has 0 aliphatic carbocycles. The first kappa shape index (κ1) is 4.31. The summed E-state index contributed by atoms with van der Waals surface area (Å²) in [5, 5.41) is 0. The van der Waals surface area contributed by atoms with Crippen molar-refractivity contribution in [3.63, 3.8) is 0 Å². The van der Waals surface area contributed by atoms with E-state index in [2.05, 4.69) is 0 Å². The fourth-order valence-electron chi connectivity index (χ4n) is 1.50. The Morgan fingerprint density at radius 3 is 3.56 bits per heavy atom. The molecule has 0 bridgehead atoms. The molecule has 1 fully saturated rings. The molecule has 0 aromatic heterocycles. The number of hydrogen-bond donors (Lipinski definition) is 0. The summed E-state index contributed by atoms with van der Waals surface area (Å²) >= 11 is 0. The lowest BCUT2D eigenvalue weighted by atomic mass is 10.3. The van der Waals surface area contributed by atoms with Crippen LogP contribution in [0.2, 0.25) is 0 Å². The van der Waals surface area contributed by atoms with Crippen LogP contribution in [-0.2, 0) is 0 Å². The lowest BCUT2D eigenvalue weighted by molar-refractivity contribution is 0.308. The van der Waals surface area contributed by atoms with Gasteiger partial charge in [-0.05, 0) is 6.42 Å². The third kappa shape index (κ3) is 0.732. The summed E-state index contributed by atoms with van der Waals surface area (Å²) < 4.78 is 20.1. The van der Waals surface area contributed by atoms with E-state index in [1.54, 1.807) is 0 Å². The second-order valence-corrected chi connectivity index (χ2v) is 2.62. The lowest BCUT2D eigenvalue weighted by Gasteiger charge is -2.11. The minimum Gasteiger partial charge on any atom is -0.372 e. The van der Waals surface area contributed by atoms with E-state index in [-0.39, 0.29) is 0 Å². The molecule has 0 saturated carbocycles. The van der Waals surface area contributed by atoms with Crippen LogP contribution in [0.4, 0.5) is 4.39 Å². The molecule has 9 heavy (non-hydrogen) atoms. The molecule has 0 unspecified atom stereocenters. The van der Waals surface area contributed by atoms with Crippen molar-refractivity contribution < 1.29 is 5.76 Å². The first-order valence-electron chi connectivity index (χ1n) is 3.85. The van der Waals surface area contributed by atoms with E-state index in [9.17, 15) is 4.39 Å². The van der Waals surface area contributed by atoms with E-state index in [0.717, 1.165) is 18.7 Å². The fourth-order valence-corrected chi connectivity index (χ4v) is 1.50. The van der Waals surface area contributed by atoms with Crippen LogP contribution in [0.25, 0.3) is 0 Å². The number of nitrogens with zero attached hydrogens (tertiary/aromatic N) is 1. The highest BCUT2D eigenvalue weighted by atomic mass is 19.1. The zero-order valence-corrected chi connectivity index (χ0v) is 5.23. The van der Waals surface area contributed by atoms with Crippen molar-refractivity contribution in [1.82, 2.24) is 4.90 Å². The number of hydrogen-bond acceptors (Lipinski definition) is 1. The van der Waals surface area contributed by atoms with Gasteiger partial charge in [-0.1, -0.05) is 6.05 Å².